The van der Waals surface area contributed by atoms with E-state index in [1.165, 1.54) is 12.8 Å². The molecule has 2 fully saturated rings. The first-order valence-electron chi connectivity index (χ1n) is 7.78. The fraction of sp³-hybridized carbons (Fsp3) is 0.412. The topological polar surface area (TPSA) is 53.8 Å². The lowest BCUT2D eigenvalue weighted by atomic mass is 10.1. The number of fused-ring (bicyclic) bond motifs is 1. The van der Waals surface area contributed by atoms with Gasteiger partial charge in [0.15, 0.2) is 0 Å². The van der Waals surface area contributed by atoms with E-state index in [9.17, 15) is 9.59 Å². The van der Waals surface area contributed by atoms with Gasteiger partial charge in [-0.15, -0.1) is 0 Å². The van der Waals surface area contributed by atoms with Crippen molar-refractivity contribution in [3.05, 3.63) is 46.3 Å². The lowest BCUT2D eigenvalue weighted by Crippen LogP contribution is -2.50. The number of carbonyl (C=O) groups is 1. The number of nitrogens with zero attached hydrogens (tertiary/aromatic N) is 2. The van der Waals surface area contributed by atoms with Crippen LogP contribution in [0, 0.1) is 0 Å². The van der Waals surface area contributed by atoms with Gasteiger partial charge in [-0.25, -0.2) is 4.79 Å². The highest BCUT2D eigenvalue weighted by atomic mass is 16.4. The quantitative estimate of drug-likeness (QED) is 0.792. The first-order valence-corrected chi connectivity index (χ1v) is 7.78. The van der Waals surface area contributed by atoms with E-state index in [1.807, 2.05) is 18.2 Å². The molecule has 1 saturated carbocycles. The summed E-state index contributed by atoms with van der Waals surface area (Å²) in [5.41, 5.74) is 0.106. The number of benzene rings is 1. The van der Waals surface area contributed by atoms with Gasteiger partial charge in [0.2, 0.25) is 0 Å². The molecule has 1 saturated heterocycles. The van der Waals surface area contributed by atoms with Gasteiger partial charge in [-0.2, -0.15) is 0 Å². The Bertz CT molecular complexity index is 771. The molecule has 0 bridgehead atoms. The number of rotatable bonds is 2. The molecule has 0 radical (unpaired) electrons. The third-order valence-corrected chi connectivity index (χ3v) is 4.54. The van der Waals surface area contributed by atoms with Gasteiger partial charge < -0.3 is 9.32 Å². The van der Waals surface area contributed by atoms with Gasteiger partial charge in [-0.05, 0) is 25.0 Å². The summed E-state index contributed by atoms with van der Waals surface area (Å²) in [6, 6.07) is 9.63. The number of amides is 1. The molecule has 1 aromatic carbocycles. The van der Waals surface area contributed by atoms with Crippen molar-refractivity contribution >= 4 is 16.9 Å². The maximum absolute atomic E-state index is 12.6. The van der Waals surface area contributed by atoms with Crippen LogP contribution in [0.1, 0.15) is 23.2 Å². The van der Waals surface area contributed by atoms with Crippen molar-refractivity contribution in [3.8, 4) is 0 Å². The van der Waals surface area contributed by atoms with Crippen molar-refractivity contribution in [1.29, 1.82) is 0 Å². The van der Waals surface area contributed by atoms with Crippen LogP contribution in [0.3, 0.4) is 0 Å². The first kappa shape index (κ1) is 13.5. The highest BCUT2D eigenvalue weighted by Gasteiger charge is 2.33. The molecule has 5 heteroatoms. The van der Waals surface area contributed by atoms with Crippen LogP contribution < -0.4 is 5.63 Å². The molecule has 22 heavy (non-hydrogen) atoms. The maximum Gasteiger partial charge on any atom is 0.349 e. The number of hydrogen-bond donors (Lipinski definition) is 0. The predicted molar refractivity (Wildman–Crippen MR) is 83.0 cm³/mol. The third kappa shape index (κ3) is 2.41. The van der Waals surface area contributed by atoms with Gasteiger partial charge in [0.1, 0.15) is 11.1 Å². The monoisotopic (exact) mass is 298 g/mol. The van der Waals surface area contributed by atoms with Crippen LogP contribution in [0.15, 0.2) is 39.5 Å². The fourth-order valence-corrected chi connectivity index (χ4v) is 3.11. The van der Waals surface area contributed by atoms with Crippen LogP contribution in [-0.2, 0) is 0 Å². The summed E-state index contributed by atoms with van der Waals surface area (Å²) < 4.78 is 5.26. The summed E-state index contributed by atoms with van der Waals surface area (Å²) in [5.74, 6) is -0.213. The van der Waals surface area contributed by atoms with Gasteiger partial charge in [-0.1, -0.05) is 18.2 Å². The molecule has 0 atom stereocenters. The molecule has 4 rings (SSSR count). The van der Waals surface area contributed by atoms with Crippen LogP contribution in [0.2, 0.25) is 0 Å². The van der Waals surface area contributed by atoms with Gasteiger partial charge in [0.05, 0.1) is 0 Å². The highest BCUT2D eigenvalue weighted by Crippen LogP contribution is 2.27. The Morgan fingerprint density at radius 2 is 1.82 bits per heavy atom. The number of para-hydroxylation sites is 1. The number of hydrogen-bond acceptors (Lipinski definition) is 4. The second-order valence-corrected chi connectivity index (χ2v) is 6.04. The first-order chi connectivity index (χ1) is 10.7. The second-order valence-electron chi connectivity index (χ2n) is 6.04. The van der Waals surface area contributed by atoms with Crippen LogP contribution >= 0.6 is 0 Å². The van der Waals surface area contributed by atoms with Crippen molar-refractivity contribution in [2.45, 2.75) is 18.9 Å². The third-order valence-electron chi connectivity index (χ3n) is 4.54. The summed E-state index contributed by atoms with van der Waals surface area (Å²) in [6.07, 6.45) is 2.56. The van der Waals surface area contributed by atoms with Crippen molar-refractivity contribution in [1.82, 2.24) is 9.80 Å². The van der Waals surface area contributed by atoms with Crippen molar-refractivity contribution in [2.24, 2.45) is 0 Å². The van der Waals surface area contributed by atoms with E-state index >= 15 is 0 Å². The average molecular weight is 298 g/mol. The van der Waals surface area contributed by atoms with Gasteiger partial charge in [0.25, 0.3) is 5.91 Å². The molecular formula is C17H18N2O3. The van der Waals surface area contributed by atoms with E-state index in [-0.39, 0.29) is 11.5 Å². The molecule has 5 nitrogen and oxygen atoms in total. The van der Waals surface area contributed by atoms with Crippen molar-refractivity contribution in [3.63, 3.8) is 0 Å². The Hall–Kier alpha value is -2.14. The molecule has 1 aromatic heterocycles. The summed E-state index contributed by atoms with van der Waals surface area (Å²) in [4.78, 5) is 28.9. The molecule has 0 unspecified atom stereocenters. The Labute approximate surface area is 128 Å². The van der Waals surface area contributed by atoms with E-state index < -0.39 is 5.63 Å². The lowest BCUT2D eigenvalue weighted by Gasteiger charge is -2.34. The average Bonchev–Trinajstić information content (AvgIpc) is 3.39. The molecule has 114 valence electrons. The molecule has 1 aliphatic heterocycles. The molecule has 1 amide bonds. The molecule has 2 aliphatic rings. The fourth-order valence-electron chi connectivity index (χ4n) is 3.11. The second kappa shape index (κ2) is 5.25. The van der Waals surface area contributed by atoms with Gasteiger partial charge >= 0.3 is 5.63 Å². The zero-order valence-corrected chi connectivity index (χ0v) is 12.3. The molecule has 2 heterocycles. The van der Waals surface area contributed by atoms with E-state index in [1.54, 1.807) is 17.0 Å². The van der Waals surface area contributed by atoms with Crippen molar-refractivity contribution < 1.29 is 9.21 Å². The zero-order chi connectivity index (χ0) is 15.1. The van der Waals surface area contributed by atoms with Crippen LogP contribution in [0.5, 0.6) is 0 Å². The summed E-state index contributed by atoms with van der Waals surface area (Å²) in [5, 5.41) is 0.780. The predicted octanol–water partition coefficient (Wildman–Crippen LogP) is 1.71. The van der Waals surface area contributed by atoms with Gasteiger partial charge in [-0.3, -0.25) is 9.69 Å². The summed E-state index contributed by atoms with van der Waals surface area (Å²) in [7, 11) is 0. The lowest BCUT2D eigenvalue weighted by molar-refractivity contribution is 0.0623. The van der Waals surface area contributed by atoms with E-state index in [4.69, 9.17) is 4.42 Å². The molecule has 0 N–H and O–H groups in total. The Kier molecular flexibility index (Phi) is 3.22. The summed E-state index contributed by atoms with van der Waals surface area (Å²) >= 11 is 0. The SMILES string of the molecule is O=C(c1cc2ccccc2oc1=O)N1CCN(C2CC2)CC1. The van der Waals surface area contributed by atoms with Crippen LogP contribution in [0.4, 0.5) is 0 Å². The van der Waals surface area contributed by atoms with Crippen LogP contribution in [-0.4, -0.2) is 47.9 Å². The zero-order valence-electron chi connectivity index (χ0n) is 12.3. The van der Waals surface area contributed by atoms with E-state index in [0.29, 0.717) is 18.7 Å². The smallest absolute Gasteiger partial charge is 0.349 e. The molecular weight excluding hydrogens is 280 g/mol. The Balaban J connectivity index is 1.57. The molecule has 2 aromatic rings. The minimum Gasteiger partial charge on any atom is -0.422 e. The maximum atomic E-state index is 12.6. The number of piperazine rings is 1. The van der Waals surface area contributed by atoms with E-state index in [0.717, 1.165) is 24.5 Å². The Morgan fingerprint density at radius 3 is 2.55 bits per heavy atom. The Morgan fingerprint density at radius 1 is 1.09 bits per heavy atom. The summed E-state index contributed by atoms with van der Waals surface area (Å²) in [6.45, 7) is 3.16. The number of carbonyl (C=O) groups excluding carboxylic acids is 1. The minimum atomic E-state index is -0.548. The molecule has 1 aliphatic carbocycles. The standard InChI is InChI=1S/C17H18N2O3/c20-16(19-9-7-18(8-10-19)13-5-6-13)14-11-12-3-1-2-4-15(12)22-17(14)21/h1-4,11,13H,5-10H2. The minimum absolute atomic E-state index is 0.138. The van der Waals surface area contributed by atoms with Gasteiger partial charge in [0, 0.05) is 37.6 Å². The highest BCUT2D eigenvalue weighted by molar-refractivity contribution is 5.96. The van der Waals surface area contributed by atoms with Crippen molar-refractivity contribution in [2.75, 3.05) is 26.2 Å². The normalized spacial score (nSPS) is 19.5. The largest absolute Gasteiger partial charge is 0.422 e. The van der Waals surface area contributed by atoms with Crippen LogP contribution in [0.25, 0.3) is 11.0 Å². The molecule has 0 spiro atoms. The van der Waals surface area contributed by atoms with E-state index in [2.05, 4.69) is 4.90 Å².